The molecule has 8 heteroatoms. The molecule has 3 rings (SSSR count). The van der Waals surface area contributed by atoms with E-state index in [0.29, 0.717) is 16.9 Å². The van der Waals surface area contributed by atoms with Crippen LogP contribution in [0.25, 0.3) is 22.5 Å². The number of carbonyl (C=O) groups is 1. The van der Waals surface area contributed by atoms with E-state index in [0.717, 1.165) is 16.6 Å². The molecule has 1 N–H and O–H groups in total. The Bertz CT molecular complexity index is 752. The molecule has 20 heavy (non-hydrogen) atoms. The van der Waals surface area contributed by atoms with Crippen molar-refractivity contribution >= 4 is 28.8 Å². The Kier molecular flexibility index (Phi) is 3.38. The highest BCUT2D eigenvalue weighted by Gasteiger charge is 2.10. The Labute approximate surface area is 117 Å². The molecule has 1 aromatic carbocycles. The molecule has 0 unspecified atom stereocenters. The van der Waals surface area contributed by atoms with Gasteiger partial charge in [0.1, 0.15) is 0 Å². The second kappa shape index (κ2) is 5.33. The zero-order chi connectivity index (χ0) is 13.9. The first-order chi connectivity index (χ1) is 9.72. The van der Waals surface area contributed by atoms with Crippen LogP contribution >= 0.6 is 11.8 Å². The third-order valence-electron chi connectivity index (χ3n) is 2.61. The Hall–Kier alpha value is -2.35. The van der Waals surface area contributed by atoms with Gasteiger partial charge in [-0.3, -0.25) is 0 Å². The summed E-state index contributed by atoms with van der Waals surface area (Å²) in [6, 6.07) is 5.56. The lowest BCUT2D eigenvalue weighted by Crippen LogP contribution is -2.22. The summed E-state index contributed by atoms with van der Waals surface area (Å²) in [6.07, 6.45) is 1.56. The predicted molar refractivity (Wildman–Crippen MR) is 69.7 cm³/mol. The van der Waals surface area contributed by atoms with Gasteiger partial charge in [-0.25, -0.2) is 4.98 Å². The zero-order valence-electron chi connectivity index (χ0n) is 10.2. The van der Waals surface area contributed by atoms with E-state index in [9.17, 15) is 9.90 Å². The van der Waals surface area contributed by atoms with Gasteiger partial charge in [0.15, 0.2) is 0 Å². The Morgan fingerprint density at radius 1 is 1.40 bits per heavy atom. The number of fused-ring (bicyclic) bond motifs is 1. The Morgan fingerprint density at radius 3 is 3.15 bits per heavy atom. The molecule has 7 nitrogen and oxygen atoms in total. The number of carbonyl (C=O) groups excluding carboxylic acids is 1. The van der Waals surface area contributed by atoms with Gasteiger partial charge in [0.25, 0.3) is 5.22 Å². The van der Waals surface area contributed by atoms with Crippen molar-refractivity contribution < 1.29 is 14.3 Å². The highest BCUT2D eigenvalue weighted by molar-refractivity contribution is 7.99. The Morgan fingerprint density at radius 2 is 2.30 bits per heavy atom. The van der Waals surface area contributed by atoms with Crippen molar-refractivity contribution in [2.45, 2.75) is 11.6 Å². The molecule has 0 aliphatic heterocycles. The minimum Gasteiger partial charge on any atom is -0.550 e. The molecule has 0 fully saturated rings. The number of imidazole rings is 1. The van der Waals surface area contributed by atoms with E-state index in [1.165, 1.54) is 11.8 Å². The number of carboxylic acids is 1. The number of aromatic amines is 1. The lowest BCUT2D eigenvalue weighted by molar-refractivity contribution is -0.305. The minimum atomic E-state index is -1.10. The van der Waals surface area contributed by atoms with Crippen LogP contribution in [0.4, 0.5) is 0 Å². The van der Waals surface area contributed by atoms with E-state index >= 15 is 0 Å². The summed E-state index contributed by atoms with van der Waals surface area (Å²) in [5.74, 6) is -0.372. The number of nitrogens with zero attached hydrogens (tertiary/aromatic N) is 3. The van der Waals surface area contributed by atoms with E-state index < -0.39 is 5.97 Å². The third kappa shape index (κ3) is 2.64. The van der Waals surface area contributed by atoms with Crippen LogP contribution in [0.1, 0.15) is 6.42 Å². The summed E-state index contributed by atoms with van der Waals surface area (Å²) in [5.41, 5.74) is 2.52. The van der Waals surface area contributed by atoms with Crippen LogP contribution in [0.3, 0.4) is 0 Å². The SMILES string of the molecule is O=C([O-])CCSc1nnc(-c2ccc3nc[nH]c3c2)o1. The molecule has 2 aromatic heterocycles. The first kappa shape index (κ1) is 12.7. The molecule has 0 bridgehead atoms. The molecule has 0 radical (unpaired) electrons. The first-order valence-electron chi connectivity index (χ1n) is 5.82. The molecule has 0 amide bonds. The van der Waals surface area contributed by atoms with Crippen LogP contribution in [0, 0.1) is 0 Å². The summed E-state index contributed by atoms with van der Waals surface area (Å²) in [7, 11) is 0. The van der Waals surface area contributed by atoms with Gasteiger partial charge in [0.2, 0.25) is 5.89 Å². The smallest absolute Gasteiger partial charge is 0.276 e. The van der Waals surface area contributed by atoms with Gasteiger partial charge >= 0.3 is 0 Å². The second-order valence-electron chi connectivity index (χ2n) is 3.98. The van der Waals surface area contributed by atoms with Gasteiger partial charge in [0.05, 0.1) is 17.4 Å². The average Bonchev–Trinajstić information content (AvgIpc) is 3.05. The van der Waals surface area contributed by atoms with Crippen LogP contribution in [-0.2, 0) is 4.79 Å². The van der Waals surface area contributed by atoms with Gasteiger partial charge in [0, 0.05) is 17.3 Å². The summed E-state index contributed by atoms with van der Waals surface area (Å²) in [4.78, 5) is 17.4. The number of H-pyrrole nitrogens is 1. The lowest BCUT2D eigenvalue weighted by atomic mass is 10.2. The molecule has 0 saturated carbocycles. The average molecular weight is 289 g/mol. The number of aliphatic carboxylic acids is 1. The van der Waals surface area contributed by atoms with Gasteiger partial charge in [-0.15, -0.1) is 10.2 Å². The number of hydrogen-bond donors (Lipinski definition) is 1. The molecule has 0 aliphatic rings. The number of hydrogen-bond acceptors (Lipinski definition) is 7. The first-order valence-corrected chi connectivity index (χ1v) is 6.80. The molecule has 102 valence electrons. The van der Waals surface area contributed by atoms with E-state index in [4.69, 9.17) is 4.42 Å². The standard InChI is InChI=1S/C12H10N4O3S/c17-10(18)3-4-20-12-16-15-11(19-12)7-1-2-8-9(5-7)14-6-13-8/h1-2,5-6H,3-4H2,(H,13,14)(H,17,18)/p-1. The molecule has 0 saturated heterocycles. The van der Waals surface area contributed by atoms with Crippen molar-refractivity contribution in [1.82, 2.24) is 20.2 Å². The van der Waals surface area contributed by atoms with Crippen molar-refractivity contribution in [3.8, 4) is 11.5 Å². The molecular formula is C12H9N4O3S-. The van der Waals surface area contributed by atoms with E-state index in [1.54, 1.807) is 6.33 Å². The van der Waals surface area contributed by atoms with Gasteiger partial charge in [-0.05, 0) is 24.6 Å². The van der Waals surface area contributed by atoms with Crippen LogP contribution < -0.4 is 5.11 Å². The highest BCUT2D eigenvalue weighted by Crippen LogP contribution is 2.25. The van der Waals surface area contributed by atoms with Gasteiger partial charge < -0.3 is 19.3 Å². The summed E-state index contributed by atoms with van der Waals surface area (Å²) < 4.78 is 5.47. The van der Waals surface area contributed by atoms with Crippen LogP contribution in [0.2, 0.25) is 0 Å². The van der Waals surface area contributed by atoms with Crippen LogP contribution in [-0.4, -0.2) is 31.9 Å². The van der Waals surface area contributed by atoms with Crippen molar-refractivity contribution in [3.05, 3.63) is 24.5 Å². The maximum atomic E-state index is 10.3. The molecule has 0 atom stereocenters. The van der Waals surface area contributed by atoms with Gasteiger partial charge in [-0.1, -0.05) is 11.8 Å². The monoisotopic (exact) mass is 289 g/mol. The van der Waals surface area contributed by atoms with Crippen molar-refractivity contribution in [1.29, 1.82) is 0 Å². The molecule has 0 aliphatic carbocycles. The minimum absolute atomic E-state index is 0.0531. The summed E-state index contributed by atoms with van der Waals surface area (Å²) in [6.45, 7) is 0. The fourth-order valence-electron chi connectivity index (χ4n) is 1.68. The van der Waals surface area contributed by atoms with Crippen molar-refractivity contribution in [2.75, 3.05) is 5.75 Å². The maximum absolute atomic E-state index is 10.3. The van der Waals surface area contributed by atoms with Crippen molar-refractivity contribution in [3.63, 3.8) is 0 Å². The summed E-state index contributed by atoms with van der Waals surface area (Å²) >= 11 is 1.19. The number of thioether (sulfide) groups is 1. The largest absolute Gasteiger partial charge is 0.550 e. The highest BCUT2D eigenvalue weighted by atomic mass is 32.2. The number of nitrogens with one attached hydrogen (secondary N) is 1. The number of benzene rings is 1. The normalized spacial score (nSPS) is 11.0. The van der Waals surface area contributed by atoms with Crippen LogP contribution in [0.15, 0.2) is 34.2 Å². The molecule has 0 spiro atoms. The fourth-order valence-corrected chi connectivity index (χ4v) is 2.35. The van der Waals surface area contributed by atoms with E-state index in [2.05, 4.69) is 20.2 Å². The molecular weight excluding hydrogens is 280 g/mol. The second-order valence-corrected chi connectivity index (χ2v) is 5.02. The summed E-state index contributed by atoms with van der Waals surface area (Å²) in [5, 5.41) is 18.5. The quantitative estimate of drug-likeness (QED) is 0.693. The topological polar surface area (TPSA) is 108 Å². The molecule has 2 heterocycles. The van der Waals surface area contributed by atoms with Crippen molar-refractivity contribution in [2.24, 2.45) is 0 Å². The number of rotatable bonds is 5. The number of carboxylic acid groups (broad SMARTS) is 1. The maximum Gasteiger partial charge on any atom is 0.276 e. The lowest BCUT2D eigenvalue weighted by Gasteiger charge is -1.98. The van der Waals surface area contributed by atoms with E-state index in [1.807, 2.05) is 18.2 Å². The van der Waals surface area contributed by atoms with Crippen LogP contribution in [0.5, 0.6) is 0 Å². The van der Waals surface area contributed by atoms with Gasteiger partial charge in [-0.2, -0.15) is 0 Å². The Balaban J connectivity index is 1.76. The molecule has 3 aromatic rings. The zero-order valence-corrected chi connectivity index (χ0v) is 11.0. The fraction of sp³-hybridized carbons (Fsp3) is 0.167. The number of aromatic nitrogens is 4. The predicted octanol–water partition coefficient (Wildman–Crippen LogP) is 0.845. The van der Waals surface area contributed by atoms with E-state index in [-0.39, 0.29) is 6.42 Å². The third-order valence-corrected chi connectivity index (χ3v) is 3.43.